The van der Waals surface area contributed by atoms with Crippen LogP contribution < -0.4 is 4.90 Å². The molecule has 0 aromatic heterocycles. The van der Waals surface area contributed by atoms with Gasteiger partial charge in [-0.2, -0.15) is 0 Å². The second kappa shape index (κ2) is 15.1. The first-order valence-electron chi connectivity index (χ1n) is 23.7. The topological polar surface area (TPSA) is 3.24 Å². The van der Waals surface area contributed by atoms with E-state index >= 15 is 0 Å². The number of nitrogens with zero attached hydrogens (tertiary/aromatic N) is 1. The van der Waals surface area contributed by atoms with E-state index in [0.29, 0.717) is 0 Å². The molecule has 0 bridgehead atoms. The summed E-state index contributed by atoms with van der Waals surface area (Å²) in [5, 5.41) is 7.78. The van der Waals surface area contributed by atoms with Crippen LogP contribution in [0.15, 0.2) is 261 Å². The second-order valence-electron chi connectivity index (χ2n) is 18.3. The van der Waals surface area contributed by atoms with Crippen molar-refractivity contribution in [2.45, 2.75) is 5.41 Å². The Morgan fingerprint density at radius 2 is 0.618 bits per heavy atom. The van der Waals surface area contributed by atoms with Crippen molar-refractivity contribution < 1.29 is 0 Å². The number of fused-ring (bicyclic) bond motifs is 16. The fourth-order valence-electron chi connectivity index (χ4n) is 11.9. The highest BCUT2D eigenvalue weighted by molar-refractivity contribution is 6.26. The van der Waals surface area contributed by atoms with Crippen LogP contribution in [-0.2, 0) is 5.41 Å². The SMILES string of the molecule is c1ccc(-c2ccc(-c3ccc(N(c4ccc5c(c4)-c4ccccc4C54c5ccccc5-c5cc6c7ccccc7c7ccccc7c6cc54)c4ccccc4-c4ccccc4)cc3)cc2)cc1. The van der Waals surface area contributed by atoms with Crippen LogP contribution in [0.2, 0.25) is 0 Å². The Hall–Kier alpha value is -8.78. The molecule has 1 spiro atoms. The molecular weight excluding hydrogens is 819 g/mol. The van der Waals surface area contributed by atoms with E-state index in [2.05, 4.69) is 266 Å². The lowest BCUT2D eigenvalue weighted by molar-refractivity contribution is 0.795. The Kier molecular flexibility index (Phi) is 8.57. The minimum absolute atomic E-state index is 0.498. The molecule has 1 nitrogen and oxygen atoms in total. The molecule has 12 aromatic rings. The third-order valence-electron chi connectivity index (χ3n) is 14.9. The third kappa shape index (κ3) is 5.63. The molecule has 0 heterocycles. The van der Waals surface area contributed by atoms with E-state index in [1.54, 1.807) is 0 Å². The standard InChI is InChI=1S/C67H43N/c1-3-17-44(18-4-1)45-31-33-46(34-32-45)47-35-37-49(38-36-47)68(66-30-16-13-21-51(66)48-19-5-2-6-20-48)50-39-40-64-60(41-50)56-26-11-14-28-62(56)67(64)63-29-15-12-27-57(63)61-42-58-54-24-9-7-22-52(54)53-23-8-10-25-55(53)59(58)43-65(61)67/h1-43H. The number of benzene rings is 12. The quantitative estimate of drug-likeness (QED) is 0.151. The summed E-state index contributed by atoms with van der Waals surface area (Å²) in [4.78, 5) is 2.46. The number of hydrogen-bond acceptors (Lipinski definition) is 1. The van der Waals surface area contributed by atoms with Crippen LogP contribution in [0.1, 0.15) is 22.3 Å². The highest BCUT2D eigenvalue weighted by Gasteiger charge is 2.52. The van der Waals surface area contributed by atoms with Gasteiger partial charge in [-0.15, -0.1) is 0 Å². The minimum Gasteiger partial charge on any atom is -0.310 e. The zero-order chi connectivity index (χ0) is 44.8. The molecule has 2 aliphatic rings. The van der Waals surface area contributed by atoms with Crippen LogP contribution in [-0.4, -0.2) is 0 Å². The molecule has 1 heteroatoms. The van der Waals surface area contributed by atoms with E-state index in [1.165, 1.54) is 110 Å². The van der Waals surface area contributed by atoms with Gasteiger partial charge in [-0.1, -0.05) is 218 Å². The van der Waals surface area contributed by atoms with Crippen molar-refractivity contribution in [3.05, 3.63) is 283 Å². The highest BCUT2D eigenvalue weighted by Crippen LogP contribution is 2.64. The van der Waals surface area contributed by atoms with Crippen LogP contribution in [0, 0.1) is 0 Å². The Labute approximate surface area is 396 Å². The second-order valence-corrected chi connectivity index (χ2v) is 18.3. The van der Waals surface area contributed by atoms with Crippen LogP contribution in [0.25, 0.3) is 88.0 Å². The maximum atomic E-state index is 2.55. The van der Waals surface area contributed by atoms with Gasteiger partial charge < -0.3 is 4.90 Å². The van der Waals surface area contributed by atoms with Gasteiger partial charge in [0.1, 0.15) is 0 Å². The van der Waals surface area contributed by atoms with Gasteiger partial charge in [-0.3, -0.25) is 0 Å². The number of hydrogen-bond donors (Lipinski definition) is 0. The van der Waals surface area contributed by atoms with Crippen molar-refractivity contribution in [3.8, 4) is 55.6 Å². The first-order chi connectivity index (χ1) is 33.7. The molecule has 0 radical (unpaired) electrons. The van der Waals surface area contributed by atoms with Gasteiger partial charge >= 0.3 is 0 Å². The van der Waals surface area contributed by atoms with Crippen LogP contribution >= 0.6 is 0 Å². The van der Waals surface area contributed by atoms with Gasteiger partial charge in [-0.05, 0) is 147 Å². The fraction of sp³-hybridized carbons (Fsp3) is 0.0149. The summed E-state index contributed by atoms with van der Waals surface area (Å²) in [6.07, 6.45) is 0. The van der Waals surface area contributed by atoms with E-state index in [9.17, 15) is 0 Å². The monoisotopic (exact) mass is 861 g/mol. The molecular formula is C67H43N. The normalized spacial score (nSPS) is 14.2. The van der Waals surface area contributed by atoms with E-state index in [4.69, 9.17) is 0 Å². The van der Waals surface area contributed by atoms with Crippen molar-refractivity contribution in [2.75, 3.05) is 4.90 Å². The van der Waals surface area contributed by atoms with Gasteiger partial charge in [0.15, 0.2) is 0 Å². The zero-order valence-electron chi connectivity index (χ0n) is 37.3. The molecule has 68 heavy (non-hydrogen) atoms. The van der Waals surface area contributed by atoms with Crippen molar-refractivity contribution in [1.29, 1.82) is 0 Å². The number of para-hydroxylation sites is 1. The van der Waals surface area contributed by atoms with Crippen molar-refractivity contribution >= 4 is 49.4 Å². The third-order valence-corrected chi connectivity index (χ3v) is 14.9. The predicted molar refractivity (Wildman–Crippen MR) is 286 cm³/mol. The van der Waals surface area contributed by atoms with Gasteiger partial charge in [0.25, 0.3) is 0 Å². The summed E-state index contributed by atoms with van der Waals surface area (Å²) in [6.45, 7) is 0. The minimum atomic E-state index is -0.498. The fourth-order valence-corrected chi connectivity index (χ4v) is 11.9. The van der Waals surface area contributed by atoms with Gasteiger partial charge in [0.05, 0.1) is 11.1 Å². The molecule has 0 amide bonds. The Bertz CT molecular complexity index is 3940. The molecule has 0 fully saturated rings. The van der Waals surface area contributed by atoms with Gasteiger partial charge in [-0.25, -0.2) is 0 Å². The molecule has 316 valence electrons. The number of rotatable bonds is 6. The van der Waals surface area contributed by atoms with Gasteiger partial charge in [0.2, 0.25) is 0 Å². The van der Waals surface area contributed by atoms with E-state index in [0.717, 1.165) is 17.1 Å². The molecule has 0 aliphatic heterocycles. The molecule has 0 saturated heterocycles. The highest BCUT2D eigenvalue weighted by atomic mass is 15.1. The van der Waals surface area contributed by atoms with Crippen molar-refractivity contribution in [2.24, 2.45) is 0 Å². The average molecular weight is 862 g/mol. The van der Waals surface area contributed by atoms with Crippen LogP contribution in [0.3, 0.4) is 0 Å². The largest absolute Gasteiger partial charge is 0.310 e. The van der Waals surface area contributed by atoms with E-state index in [1.807, 2.05) is 0 Å². The number of anilines is 3. The van der Waals surface area contributed by atoms with Crippen molar-refractivity contribution in [3.63, 3.8) is 0 Å². The molecule has 0 N–H and O–H groups in total. The summed E-state index contributed by atoms with van der Waals surface area (Å²) >= 11 is 0. The zero-order valence-corrected chi connectivity index (χ0v) is 37.3. The summed E-state index contributed by atoms with van der Waals surface area (Å²) in [7, 11) is 0. The molecule has 1 unspecified atom stereocenters. The molecule has 1 atom stereocenters. The van der Waals surface area contributed by atoms with Gasteiger partial charge in [0, 0.05) is 16.9 Å². The smallest absolute Gasteiger partial charge is 0.0725 e. The molecule has 14 rings (SSSR count). The summed E-state index contributed by atoms with van der Waals surface area (Å²) in [5.74, 6) is 0. The summed E-state index contributed by atoms with van der Waals surface area (Å²) in [5.41, 5.74) is 20.5. The van der Waals surface area contributed by atoms with Crippen LogP contribution in [0.5, 0.6) is 0 Å². The maximum absolute atomic E-state index is 2.55. The average Bonchev–Trinajstić information content (AvgIpc) is 3.88. The lowest BCUT2D eigenvalue weighted by atomic mass is 9.70. The van der Waals surface area contributed by atoms with E-state index in [-0.39, 0.29) is 0 Å². The first-order valence-corrected chi connectivity index (χ1v) is 23.7. The molecule has 2 aliphatic carbocycles. The van der Waals surface area contributed by atoms with Crippen LogP contribution in [0.4, 0.5) is 17.1 Å². The lowest BCUT2D eigenvalue weighted by Crippen LogP contribution is -2.26. The summed E-state index contributed by atoms with van der Waals surface area (Å²) in [6, 6.07) is 96.8. The Morgan fingerprint density at radius 1 is 0.221 bits per heavy atom. The van der Waals surface area contributed by atoms with Crippen molar-refractivity contribution in [1.82, 2.24) is 0 Å². The maximum Gasteiger partial charge on any atom is 0.0725 e. The Morgan fingerprint density at radius 3 is 1.21 bits per heavy atom. The lowest BCUT2D eigenvalue weighted by Gasteiger charge is -2.32. The molecule has 12 aromatic carbocycles. The predicted octanol–water partition coefficient (Wildman–Crippen LogP) is 18.0. The Balaban J connectivity index is 0.973. The summed E-state index contributed by atoms with van der Waals surface area (Å²) < 4.78 is 0. The van der Waals surface area contributed by atoms with E-state index < -0.39 is 5.41 Å². The molecule has 0 saturated carbocycles. The first kappa shape index (κ1) is 38.5.